The molecule has 2 aliphatic heterocycles. The minimum absolute atomic E-state index is 0.144. The molecule has 2 aromatic carbocycles. The maximum atomic E-state index is 12.9. The van der Waals surface area contributed by atoms with Gasteiger partial charge in [0, 0.05) is 30.1 Å². The second-order valence-corrected chi connectivity index (χ2v) is 7.05. The van der Waals surface area contributed by atoms with Crippen molar-refractivity contribution < 1.29 is 14.3 Å². The number of hydrogen-bond donors (Lipinski definition) is 1. The second kappa shape index (κ2) is 5.61. The summed E-state index contributed by atoms with van der Waals surface area (Å²) in [6.45, 7) is 0. The van der Waals surface area contributed by atoms with Crippen LogP contribution in [0, 0.1) is 0 Å². The number of aromatic nitrogens is 1. The quantitative estimate of drug-likeness (QED) is 0.714. The van der Waals surface area contributed by atoms with Crippen LogP contribution in [0.2, 0.25) is 0 Å². The van der Waals surface area contributed by atoms with Gasteiger partial charge in [0.2, 0.25) is 0 Å². The number of para-hydroxylation sites is 1. The molecule has 2 aliphatic rings. The first-order valence-corrected chi connectivity index (χ1v) is 8.93. The fourth-order valence-electron chi connectivity index (χ4n) is 4.34. The summed E-state index contributed by atoms with van der Waals surface area (Å²) in [6.07, 6.45) is 0.529. The van der Waals surface area contributed by atoms with Crippen molar-refractivity contribution in [3.63, 3.8) is 0 Å². The van der Waals surface area contributed by atoms with E-state index in [0.29, 0.717) is 6.42 Å². The van der Waals surface area contributed by atoms with Gasteiger partial charge in [-0.15, -0.1) is 0 Å². The number of carbonyl (C=O) groups excluding carboxylic acids is 2. The van der Waals surface area contributed by atoms with Gasteiger partial charge in [0.1, 0.15) is 17.8 Å². The van der Waals surface area contributed by atoms with Gasteiger partial charge in [0.25, 0.3) is 5.91 Å². The molecule has 1 N–H and O–H groups in total. The molecule has 6 nitrogen and oxygen atoms in total. The standard InChI is InChI=1S/C21H19N3O3/c1-23-20(25)17-11-15-14-5-3-4-6-16(14)22-18(15)19(24(17)21(23)26)12-7-9-13(27-2)10-8-12/h3-10,17,19,22H,11H2,1-2H3/t17-,19-/m1/s1. The van der Waals surface area contributed by atoms with Crippen molar-refractivity contribution >= 4 is 22.8 Å². The molecule has 0 aliphatic carbocycles. The fraction of sp³-hybridized carbons (Fsp3) is 0.238. The number of rotatable bonds is 2. The Labute approximate surface area is 156 Å². The van der Waals surface area contributed by atoms with E-state index in [0.717, 1.165) is 33.5 Å². The van der Waals surface area contributed by atoms with Gasteiger partial charge in [-0.1, -0.05) is 30.3 Å². The topological polar surface area (TPSA) is 65.6 Å². The van der Waals surface area contributed by atoms with Crippen molar-refractivity contribution in [2.45, 2.75) is 18.5 Å². The molecule has 1 aromatic heterocycles. The molecular formula is C21H19N3O3. The summed E-state index contributed by atoms with van der Waals surface area (Å²) in [5.74, 6) is 0.610. The number of nitrogens with zero attached hydrogens (tertiary/aromatic N) is 2. The van der Waals surface area contributed by atoms with Crippen LogP contribution in [-0.4, -0.2) is 46.9 Å². The molecule has 0 unspecified atom stereocenters. The molecule has 3 amide bonds. The Hall–Kier alpha value is -3.28. The average molecular weight is 361 g/mol. The van der Waals surface area contributed by atoms with E-state index < -0.39 is 6.04 Å². The normalized spacial score (nSPS) is 21.6. The minimum atomic E-state index is -0.471. The first-order valence-electron chi connectivity index (χ1n) is 8.93. The maximum Gasteiger partial charge on any atom is 0.328 e. The zero-order chi connectivity index (χ0) is 18.7. The fourth-order valence-corrected chi connectivity index (χ4v) is 4.34. The van der Waals surface area contributed by atoms with Gasteiger partial charge in [-0.3, -0.25) is 14.6 Å². The van der Waals surface area contributed by atoms with Crippen molar-refractivity contribution in [3.05, 3.63) is 65.4 Å². The number of aromatic amines is 1. The third-order valence-electron chi connectivity index (χ3n) is 5.69. The highest BCUT2D eigenvalue weighted by Gasteiger charge is 2.51. The van der Waals surface area contributed by atoms with Crippen LogP contribution in [0.3, 0.4) is 0 Å². The predicted octanol–water partition coefficient (Wildman–Crippen LogP) is 3.08. The summed E-state index contributed by atoms with van der Waals surface area (Å²) in [5.41, 5.74) is 4.07. The van der Waals surface area contributed by atoms with Crippen LogP contribution in [-0.2, 0) is 11.2 Å². The molecule has 136 valence electrons. The molecule has 2 atom stereocenters. The predicted molar refractivity (Wildman–Crippen MR) is 101 cm³/mol. The zero-order valence-electron chi connectivity index (χ0n) is 15.1. The van der Waals surface area contributed by atoms with E-state index in [9.17, 15) is 9.59 Å². The number of benzene rings is 2. The molecule has 0 spiro atoms. The van der Waals surface area contributed by atoms with Crippen molar-refractivity contribution in [3.8, 4) is 5.75 Å². The number of ether oxygens (including phenoxy) is 1. The van der Waals surface area contributed by atoms with E-state index >= 15 is 0 Å². The third kappa shape index (κ3) is 2.13. The summed E-state index contributed by atoms with van der Waals surface area (Å²) in [6, 6.07) is 14.7. The largest absolute Gasteiger partial charge is 0.497 e. The summed E-state index contributed by atoms with van der Waals surface area (Å²) >= 11 is 0. The molecule has 1 fully saturated rings. The number of likely N-dealkylation sites (N-methyl/N-ethyl adjacent to an activating group) is 1. The van der Waals surface area contributed by atoms with Crippen LogP contribution in [0.15, 0.2) is 48.5 Å². The molecule has 1 saturated heterocycles. The lowest BCUT2D eigenvalue weighted by molar-refractivity contribution is -0.127. The Morgan fingerprint density at radius 2 is 1.81 bits per heavy atom. The molecule has 0 bridgehead atoms. The monoisotopic (exact) mass is 361 g/mol. The van der Waals surface area contributed by atoms with Crippen LogP contribution >= 0.6 is 0 Å². The number of H-pyrrole nitrogens is 1. The molecule has 0 radical (unpaired) electrons. The molecule has 6 heteroatoms. The Balaban J connectivity index is 1.74. The number of imide groups is 1. The highest BCUT2D eigenvalue weighted by molar-refractivity contribution is 6.05. The van der Waals surface area contributed by atoms with Gasteiger partial charge >= 0.3 is 6.03 Å². The van der Waals surface area contributed by atoms with Crippen LogP contribution < -0.4 is 4.74 Å². The van der Waals surface area contributed by atoms with E-state index in [2.05, 4.69) is 11.1 Å². The lowest BCUT2D eigenvalue weighted by Crippen LogP contribution is -2.44. The highest BCUT2D eigenvalue weighted by Crippen LogP contribution is 2.43. The lowest BCUT2D eigenvalue weighted by atomic mass is 9.89. The first-order chi connectivity index (χ1) is 13.1. The average Bonchev–Trinajstić information content (AvgIpc) is 3.18. The van der Waals surface area contributed by atoms with Crippen molar-refractivity contribution in [1.82, 2.24) is 14.8 Å². The minimum Gasteiger partial charge on any atom is -0.497 e. The van der Waals surface area contributed by atoms with Gasteiger partial charge in [-0.2, -0.15) is 0 Å². The number of hydrogen-bond acceptors (Lipinski definition) is 3. The van der Waals surface area contributed by atoms with E-state index in [4.69, 9.17) is 4.74 Å². The van der Waals surface area contributed by atoms with Crippen LogP contribution in [0.1, 0.15) is 22.9 Å². The summed E-state index contributed by atoms with van der Waals surface area (Å²) < 4.78 is 5.27. The second-order valence-electron chi connectivity index (χ2n) is 7.05. The SMILES string of the molecule is COc1ccc([C@@H]2c3[nH]c4ccccc4c3C[C@@H]3C(=O)N(C)C(=O)N23)cc1. The van der Waals surface area contributed by atoms with Gasteiger partial charge in [0.15, 0.2) is 0 Å². The van der Waals surface area contributed by atoms with E-state index in [1.165, 1.54) is 4.90 Å². The number of urea groups is 1. The number of carbonyl (C=O) groups is 2. The first kappa shape index (κ1) is 15.9. The summed E-state index contributed by atoms with van der Waals surface area (Å²) in [5, 5.41) is 1.11. The van der Waals surface area contributed by atoms with Crippen LogP contribution in [0.4, 0.5) is 4.79 Å². The number of fused-ring (bicyclic) bond motifs is 4. The van der Waals surface area contributed by atoms with E-state index in [1.807, 2.05) is 42.5 Å². The Kier molecular flexibility index (Phi) is 3.31. The molecule has 27 heavy (non-hydrogen) atoms. The van der Waals surface area contributed by atoms with Gasteiger partial charge in [-0.05, 0) is 29.3 Å². The highest BCUT2D eigenvalue weighted by atomic mass is 16.5. The molecule has 3 aromatic rings. The number of nitrogens with one attached hydrogen (secondary N) is 1. The Bertz CT molecular complexity index is 1070. The van der Waals surface area contributed by atoms with E-state index in [1.54, 1.807) is 19.1 Å². The summed E-state index contributed by atoms with van der Waals surface area (Å²) in [4.78, 5) is 32.0. The van der Waals surface area contributed by atoms with Gasteiger partial charge < -0.3 is 9.72 Å². The molecule has 5 rings (SSSR count). The van der Waals surface area contributed by atoms with E-state index in [-0.39, 0.29) is 18.0 Å². The molecular weight excluding hydrogens is 342 g/mol. The van der Waals surface area contributed by atoms with Gasteiger partial charge in [0.05, 0.1) is 7.11 Å². The third-order valence-corrected chi connectivity index (χ3v) is 5.69. The maximum absolute atomic E-state index is 12.9. The smallest absolute Gasteiger partial charge is 0.328 e. The number of amides is 3. The Morgan fingerprint density at radius 3 is 2.56 bits per heavy atom. The Morgan fingerprint density at radius 1 is 1.07 bits per heavy atom. The zero-order valence-corrected chi connectivity index (χ0v) is 15.1. The van der Waals surface area contributed by atoms with Crippen LogP contribution in [0.25, 0.3) is 10.9 Å². The molecule has 0 saturated carbocycles. The van der Waals surface area contributed by atoms with Crippen molar-refractivity contribution in [2.24, 2.45) is 0 Å². The van der Waals surface area contributed by atoms with Crippen molar-refractivity contribution in [1.29, 1.82) is 0 Å². The summed E-state index contributed by atoms with van der Waals surface area (Å²) in [7, 11) is 3.18. The number of methoxy groups -OCH3 is 1. The molecule has 3 heterocycles. The van der Waals surface area contributed by atoms with Crippen molar-refractivity contribution in [2.75, 3.05) is 14.2 Å². The van der Waals surface area contributed by atoms with Crippen LogP contribution in [0.5, 0.6) is 5.75 Å². The van der Waals surface area contributed by atoms with Gasteiger partial charge in [-0.25, -0.2) is 4.79 Å². The lowest BCUT2D eigenvalue weighted by Gasteiger charge is -2.36.